The van der Waals surface area contributed by atoms with Crippen molar-refractivity contribution in [3.63, 3.8) is 0 Å². The van der Waals surface area contributed by atoms with Crippen LogP contribution in [-0.2, 0) is 6.42 Å². The second kappa shape index (κ2) is 6.72. The number of phenols is 1. The third-order valence-electron chi connectivity index (χ3n) is 4.24. The highest BCUT2D eigenvalue weighted by atomic mass is 16.3. The van der Waals surface area contributed by atoms with Crippen molar-refractivity contribution in [3.05, 3.63) is 84.6 Å². The van der Waals surface area contributed by atoms with Gasteiger partial charge in [-0.25, -0.2) is 9.97 Å². The van der Waals surface area contributed by atoms with Crippen molar-refractivity contribution in [2.45, 2.75) is 6.42 Å². The van der Waals surface area contributed by atoms with Gasteiger partial charge < -0.3 is 5.11 Å². The van der Waals surface area contributed by atoms with Crippen LogP contribution in [-0.4, -0.2) is 25.8 Å². The SMILES string of the molecule is O=C(Cc1ccccn1)c1ccc(-c2ccc(O)c3ncncc23)cc1. The summed E-state index contributed by atoms with van der Waals surface area (Å²) in [7, 11) is 0. The molecule has 0 spiro atoms. The maximum Gasteiger partial charge on any atom is 0.168 e. The first-order valence-corrected chi connectivity index (χ1v) is 8.17. The molecule has 1 N–H and O–H groups in total. The number of Topliss-reactive ketones (excluding diaryl/α,β-unsaturated/α-hetero) is 1. The predicted octanol–water partition coefficient (Wildman–Crippen LogP) is 3.82. The molecule has 4 aromatic rings. The molecule has 5 heteroatoms. The van der Waals surface area contributed by atoms with Gasteiger partial charge in [0.25, 0.3) is 0 Å². The highest BCUT2D eigenvalue weighted by molar-refractivity contribution is 5.99. The maximum absolute atomic E-state index is 12.4. The van der Waals surface area contributed by atoms with E-state index in [-0.39, 0.29) is 18.0 Å². The number of nitrogens with zero attached hydrogens (tertiary/aromatic N) is 3. The zero-order valence-electron chi connectivity index (χ0n) is 13.8. The van der Waals surface area contributed by atoms with Crippen LogP contribution in [0.5, 0.6) is 5.75 Å². The Labute approximate surface area is 150 Å². The summed E-state index contributed by atoms with van der Waals surface area (Å²) in [5.41, 5.74) is 3.73. The first kappa shape index (κ1) is 15.9. The number of fused-ring (bicyclic) bond motifs is 1. The molecule has 2 aromatic carbocycles. The summed E-state index contributed by atoms with van der Waals surface area (Å²) in [6.45, 7) is 0. The van der Waals surface area contributed by atoms with Gasteiger partial charge in [0, 0.05) is 29.0 Å². The summed E-state index contributed by atoms with van der Waals surface area (Å²) in [5, 5.41) is 10.7. The number of hydrogen-bond donors (Lipinski definition) is 1. The minimum absolute atomic E-state index is 0.0224. The Bertz CT molecular complexity index is 1080. The molecule has 2 aromatic heterocycles. The molecule has 26 heavy (non-hydrogen) atoms. The molecule has 0 fully saturated rings. The molecule has 2 heterocycles. The normalized spacial score (nSPS) is 10.8. The molecule has 0 bridgehead atoms. The molecule has 126 valence electrons. The quantitative estimate of drug-likeness (QED) is 0.571. The fourth-order valence-corrected chi connectivity index (χ4v) is 2.92. The van der Waals surface area contributed by atoms with E-state index in [4.69, 9.17) is 0 Å². The maximum atomic E-state index is 12.4. The van der Waals surface area contributed by atoms with E-state index in [1.165, 1.54) is 6.33 Å². The lowest BCUT2D eigenvalue weighted by Crippen LogP contribution is -2.04. The molecule has 0 radical (unpaired) electrons. The minimum atomic E-state index is 0.0224. The number of pyridine rings is 1. The van der Waals surface area contributed by atoms with Gasteiger partial charge >= 0.3 is 0 Å². The monoisotopic (exact) mass is 341 g/mol. The summed E-state index contributed by atoms with van der Waals surface area (Å²) >= 11 is 0. The van der Waals surface area contributed by atoms with Gasteiger partial charge in [-0.1, -0.05) is 30.3 Å². The Kier molecular flexibility index (Phi) is 4.11. The zero-order valence-corrected chi connectivity index (χ0v) is 13.8. The summed E-state index contributed by atoms with van der Waals surface area (Å²) in [4.78, 5) is 24.8. The van der Waals surface area contributed by atoms with Gasteiger partial charge in [-0.2, -0.15) is 0 Å². The Balaban J connectivity index is 1.65. The van der Waals surface area contributed by atoms with Gasteiger partial charge in [0.2, 0.25) is 0 Å². The van der Waals surface area contributed by atoms with Crippen LogP contribution in [0.3, 0.4) is 0 Å². The van der Waals surface area contributed by atoms with Gasteiger partial charge in [0.1, 0.15) is 17.6 Å². The number of phenolic OH excluding ortho intramolecular Hbond substituents is 1. The number of aromatic nitrogens is 3. The largest absolute Gasteiger partial charge is 0.506 e. The average molecular weight is 341 g/mol. The van der Waals surface area contributed by atoms with Crippen LogP contribution in [0.2, 0.25) is 0 Å². The fraction of sp³-hybridized carbons (Fsp3) is 0.0476. The third kappa shape index (κ3) is 3.02. The number of carbonyl (C=O) groups is 1. The molecular formula is C21H15N3O2. The van der Waals surface area contributed by atoms with Crippen LogP contribution in [0.15, 0.2) is 73.3 Å². The molecule has 0 unspecified atom stereocenters. The van der Waals surface area contributed by atoms with E-state index in [1.807, 2.05) is 48.5 Å². The van der Waals surface area contributed by atoms with E-state index >= 15 is 0 Å². The molecule has 5 nitrogen and oxygen atoms in total. The van der Waals surface area contributed by atoms with E-state index in [9.17, 15) is 9.90 Å². The van der Waals surface area contributed by atoms with E-state index in [0.29, 0.717) is 11.1 Å². The lowest BCUT2D eigenvalue weighted by atomic mass is 9.98. The Hall–Kier alpha value is -3.60. The van der Waals surface area contributed by atoms with Crippen molar-refractivity contribution < 1.29 is 9.90 Å². The van der Waals surface area contributed by atoms with Gasteiger partial charge in [-0.3, -0.25) is 9.78 Å². The van der Waals surface area contributed by atoms with E-state index in [1.54, 1.807) is 18.5 Å². The summed E-state index contributed by atoms with van der Waals surface area (Å²) in [5.74, 6) is 0.141. The van der Waals surface area contributed by atoms with Crippen molar-refractivity contribution in [3.8, 4) is 16.9 Å². The molecule has 0 aliphatic rings. The number of benzene rings is 2. The molecular weight excluding hydrogens is 326 g/mol. The molecule has 0 atom stereocenters. The highest BCUT2D eigenvalue weighted by Crippen LogP contribution is 2.32. The minimum Gasteiger partial charge on any atom is -0.506 e. The Morgan fingerprint density at radius 1 is 0.962 bits per heavy atom. The lowest BCUT2D eigenvalue weighted by molar-refractivity contribution is 0.0992. The van der Waals surface area contributed by atoms with Crippen LogP contribution in [0, 0.1) is 0 Å². The predicted molar refractivity (Wildman–Crippen MR) is 98.9 cm³/mol. The van der Waals surface area contributed by atoms with Crippen molar-refractivity contribution in [2.24, 2.45) is 0 Å². The second-order valence-electron chi connectivity index (χ2n) is 5.92. The van der Waals surface area contributed by atoms with Crippen LogP contribution in [0.1, 0.15) is 16.1 Å². The molecule has 0 aliphatic carbocycles. The van der Waals surface area contributed by atoms with Gasteiger partial charge in [-0.05, 0) is 35.4 Å². The number of rotatable bonds is 4. The van der Waals surface area contributed by atoms with Crippen molar-refractivity contribution in [1.82, 2.24) is 15.0 Å². The molecule has 4 rings (SSSR count). The Morgan fingerprint density at radius 2 is 1.81 bits per heavy atom. The van der Waals surface area contributed by atoms with Crippen molar-refractivity contribution in [1.29, 1.82) is 0 Å². The zero-order chi connectivity index (χ0) is 17.9. The van der Waals surface area contributed by atoms with Gasteiger partial charge in [0.05, 0.1) is 6.42 Å². The number of hydrogen-bond acceptors (Lipinski definition) is 5. The summed E-state index contributed by atoms with van der Waals surface area (Å²) in [6, 6.07) is 16.4. The van der Waals surface area contributed by atoms with Crippen molar-refractivity contribution in [2.75, 3.05) is 0 Å². The van der Waals surface area contributed by atoms with Gasteiger partial charge in [-0.15, -0.1) is 0 Å². The van der Waals surface area contributed by atoms with E-state index < -0.39 is 0 Å². The molecule has 0 saturated heterocycles. The first-order valence-electron chi connectivity index (χ1n) is 8.17. The van der Waals surface area contributed by atoms with Crippen LogP contribution in [0.4, 0.5) is 0 Å². The number of carbonyl (C=O) groups excluding carboxylic acids is 1. The van der Waals surface area contributed by atoms with Crippen molar-refractivity contribution >= 4 is 16.7 Å². The van der Waals surface area contributed by atoms with E-state index in [0.717, 1.165) is 22.2 Å². The Morgan fingerprint density at radius 3 is 2.58 bits per heavy atom. The smallest absolute Gasteiger partial charge is 0.168 e. The standard InChI is InChI=1S/C21H15N3O2/c25-19-9-8-17(18-12-22-13-24-21(18)19)14-4-6-15(7-5-14)20(26)11-16-3-1-2-10-23-16/h1-10,12-13,25H,11H2. The molecule has 0 aliphatic heterocycles. The number of aromatic hydroxyl groups is 1. The fourth-order valence-electron chi connectivity index (χ4n) is 2.92. The molecule has 0 saturated carbocycles. The topological polar surface area (TPSA) is 76.0 Å². The third-order valence-corrected chi connectivity index (χ3v) is 4.24. The first-order chi connectivity index (χ1) is 12.7. The highest BCUT2D eigenvalue weighted by Gasteiger charge is 2.11. The van der Waals surface area contributed by atoms with Crippen LogP contribution >= 0.6 is 0 Å². The number of ketones is 1. The van der Waals surface area contributed by atoms with Crippen LogP contribution < -0.4 is 0 Å². The van der Waals surface area contributed by atoms with Crippen LogP contribution in [0.25, 0.3) is 22.0 Å². The summed E-state index contributed by atoms with van der Waals surface area (Å²) in [6.07, 6.45) is 5.04. The second-order valence-corrected chi connectivity index (χ2v) is 5.92. The summed E-state index contributed by atoms with van der Waals surface area (Å²) < 4.78 is 0. The van der Waals surface area contributed by atoms with E-state index in [2.05, 4.69) is 15.0 Å². The lowest BCUT2D eigenvalue weighted by Gasteiger charge is -2.08. The average Bonchev–Trinajstić information content (AvgIpc) is 2.69. The molecule has 0 amide bonds. The van der Waals surface area contributed by atoms with Gasteiger partial charge in [0.15, 0.2) is 5.78 Å².